The van der Waals surface area contributed by atoms with E-state index in [4.69, 9.17) is 21.1 Å². The van der Waals surface area contributed by atoms with E-state index in [1.165, 1.54) is 0 Å². The van der Waals surface area contributed by atoms with Crippen LogP contribution in [0, 0.1) is 0 Å². The minimum Gasteiger partial charge on any atom is -0.486 e. The molecule has 70 valence electrons. The summed E-state index contributed by atoms with van der Waals surface area (Å²) >= 11 is 5.92. The van der Waals surface area contributed by atoms with Crippen LogP contribution in [0.1, 0.15) is 6.92 Å². The Morgan fingerprint density at radius 2 is 2.08 bits per heavy atom. The first kappa shape index (κ1) is 8.70. The highest BCUT2D eigenvalue weighted by Crippen LogP contribution is 2.32. The van der Waals surface area contributed by atoms with E-state index in [-0.39, 0.29) is 11.5 Å². The number of halogens is 1. The van der Waals surface area contributed by atoms with Crippen LogP contribution in [0.25, 0.3) is 0 Å². The largest absolute Gasteiger partial charge is 0.486 e. The molecule has 0 amide bonds. The lowest BCUT2D eigenvalue weighted by molar-refractivity contribution is 0.0909. The molecule has 1 heterocycles. The second kappa shape index (κ2) is 3.46. The van der Waals surface area contributed by atoms with E-state index in [0.717, 1.165) is 11.5 Å². The molecule has 1 aliphatic rings. The molecule has 2 nitrogen and oxygen atoms in total. The van der Waals surface area contributed by atoms with Crippen molar-refractivity contribution in [1.29, 1.82) is 0 Å². The molecule has 0 spiro atoms. The van der Waals surface area contributed by atoms with E-state index < -0.39 is 0 Å². The average molecular weight is 199 g/mol. The van der Waals surface area contributed by atoms with Crippen LogP contribution in [0.4, 0.5) is 0 Å². The molecule has 0 saturated carbocycles. The zero-order valence-electron chi connectivity index (χ0n) is 7.37. The molecule has 1 aromatic rings. The first-order valence-corrected chi connectivity index (χ1v) is 4.73. The maximum absolute atomic E-state index is 5.92. The molecule has 3 heteroatoms. The lowest BCUT2D eigenvalue weighted by Crippen LogP contribution is -2.35. The van der Waals surface area contributed by atoms with E-state index in [9.17, 15) is 0 Å². The standard InChI is InChI=1S/C10H11ClO2/c1-7(11)10-6-12-8-4-2-3-5-9(8)13-10/h2-5,7,10H,6H2,1H3. The second-order valence-corrected chi connectivity index (χ2v) is 3.78. The van der Waals surface area contributed by atoms with Gasteiger partial charge in [-0.3, -0.25) is 0 Å². The monoisotopic (exact) mass is 198 g/mol. The van der Waals surface area contributed by atoms with Crippen LogP contribution < -0.4 is 9.47 Å². The summed E-state index contributed by atoms with van der Waals surface area (Å²) in [6.07, 6.45) is -0.0448. The van der Waals surface area contributed by atoms with Gasteiger partial charge in [-0.2, -0.15) is 0 Å². The van der Waals surface area contributed by atoms with Crippen molar-refractivity contribution in [2.24, 2.45) is 0 Å². The Labute approximate surface area is 82.4 Å². The molecule has 0 saturated heterocycles. The number of rotatable bonds is 1. The predicted octanol–water partition coefficient (Wildman–Crippen LogP) is 2.45. The Kier molecular flexibility index (Phi) is 2.32. The lowest BCUT2D eigenvalue weighted by atomic mass is 10.2. The van der Waals surface area contributed by atoms with Gasteiger partial charge >= 0.3 is 0 Å². The van der Waals surface area contributed by atoms with Crippen molar-refractivity contribution in [2.75, 3.05) is 6.61 Å². The molecule has 0 radical (unpaired) electrons. The molecule has 0 fully saturated rings. The molecule has 0 aliphatic carbocycles. The van der Waals surface area contributed by atoms with E-state index in [2.05, 4.69) is 0 Å². The molecule has 0 bridgehead atoms. The molecule has 1 aliphatic heterocycles. The molecule has 2 rings (SSSR count). The van der Waals surface area contributed by atoms with Crippen molar-refractivity contribution in [2.45, 2.75) is 18.4 Å². The van der Waals surface area contributed by atoms with Crippen molar-refractivity contribution < 1.29 is 9.47 Å². The van der Waals surface area contributed by atoms with Crippen LogP contribution in [0.3, 0.4) is 0 Å². The van der Waals surface area contributed by atoms with E-state index in [0.29, 0.717) is 6.61 Å². The number of hydrogen-bond donors (Lipinski definition) is 0. The van der Waals surface area contributed by atoms with Crippen LogP contribution >= 0.6 is 11.6 Å². The van der Waals surface area contributed by atoms with E-state index >= 15 is 0 Å². The quantitative estimate of drug-likeness (QED) is 0.646. The third kappa shape index (κ3) is 1.73. The molecule has 0 aromatic heterocycles. The number of hydrogen-bond acceptors (Lipinski definition) is 2. The van der Waals surface area contributed by atoms with Crippen LogP contribution in [-0.2, 0) is 0 Å². The number of para-hydroxylation sites is 2. The lowest BCUT2D eigenvalue weighted by Gasteiger charge is -2.27. The van der Waals surface area contributed by atoms with Crippen molar-refractivity contribution >= 4 is 11.6 Å². The van der Waals surface area contributed by atoms with Crippen molar-refractivity contribution in [1.82, 2.24) is 0 Å². The van der Waals surface area contributed by atoms with Crippen molar-refractivity contribution in [3.8, 4) is 11.5 Å². The Morgan fingerprint density at radius 1 is 1.38 bits per heavy atom. The van der Waals surface area contributed by atoms with Gasteiger partial charge in [-0.05, 0) is 19.1 Å². The Morgan fingerprint density at radius 3 is 2.77 bits per heavy atom. The minimum absolute atomic E-state index is 0.0339. The molecule has 1 aromatic carbocycles. The number of ether oxygens (including phenoxy) is 2. The Bertz CT molecular complexity index is 299. The van der Waals surface area contributed by atoms with Gasteiger partial charge in [0.1, 0.15) is 12.7 Å². The van der Waals surface area contributed by atoms with Gasteiger partial charge in [0, 0.05) is 0 Å². The van der Waals surface area contributed by atoms with Gasteiger partial charge in [0.2, 0.25) is 0 Å². The smallest absolute Gasteiger partial charge is 0.161 e. The summed E-state index contributed by atoms with van der Waals surface area (Å²) in [7, 11) is 0. The topological polar surface area (TPSA) is 18.5 Å². The zero-order chi connectivity index (χ0) is 9.26. The second-order valence-electron chi connectivity index (χ2n) is 3.09. The summed E-state index contributed by atoms with van der Waals surface area (Å²) in [4.78, 5) is 0. The number of fused-ring (bicyclic) bond motifs is 1. The Balaban J connectivity index is 2.20. The molecule has 2 unspecified atom stereocenters. The van der Waals surface area contributed by atoms with Gasteiger partial charge in [-0.25, -0.2) is 0 Å². The SMILES string of the molecule is CC(Cl)C1COc2ccccc2O1. The first-order chi connectivity index (χ1) is 6.27. The first-order valence-electron chi connectivity index (χ1n) is 4.30. The van der Waals surface area contributed by atoms with Crippen molar-refractivity contribution in [3.63, 3.8) is 0 Å². The van der Waals surface area contributed by atoms with Crippen LogP contribution in [0.15, 0.2) is 24.3 Å². The maximum atomic E-state index is 5.92. The minimum atomic E-state index is -0.0448. The third-order valence-electron chi connectivity index (χ3n) is 2.04. The van der Waals surface area contributed by atoms with Crippen molar-refractivity contribution in [3.05, 3.63) is 24.3 Å². The summed E-state index contributed by atoms with van der Waals surface area (Å²) in [5.41, 5.74) is 0. The van der Waals surface area contributed by atoms with Gasteiger partial charge in [0.15, 0.2) is 11.5 Å². The highest BCUT2D eigenvalue weighted by atomic mass is 35.5. The molecule has 0 N–H and O–H groups in total. The van der Waals surface area contributed by atoms with Gasteiger partial charge in [0.05, 0.1) is 5.38 Å². The van der Waals surface area contributed by atoms with Crippen LogP contribution in [0.2, 0.25) is 0 Å². The van der Waals surface area contributed by atoms with Gasteiger partial charge in [0.25, 0.3) is 0 Å². The third-order valence-corrected chi connectivity index (χ3v) is 2.32. The fourth-order valence-electron chi connectivity index (χ4n) is 1.26. The zero-order valence-corrected chi connectivity index (χ0v) is 8.12. The normalized spacial score (nSPS) is 22.5. The Hall–Kier alpha value is -0.890. The molecule has 2 atom stereocenters. The highest BCUT2D eigenvalue weighted by molar-refractivity contribution is 6.20. The van der Waals surface area contributed by atoms with Gasteiger partial charge < -0.3 is 9.47 Å². The van der Waals surface area contributed by atoms with Gasteiger partial charge in [-0.15, -0.1) is 11.6 Å². The van der Waals surface area contributed by atoms with Crippen LogP contribution in [-0.4, -0.2) is 18.1 Å². The summed E-state index contributed by atoms with van der Waals surface area (Å²) in [6, 6.07) is 7.63. The van der Waals surface area contributed by atoms with Crippen LogP contribution in [0.5, 0.6) is 11.5 Å². The summed E-state index contributed by atoms with van der Waals surface area (Å²) in [5.74, 6) is 1.59. The molecular formula is C10H11ClO2. The predicted molar refractivity (Wildman–Crippen MR) is 51.7 cm³/mol. The summed E-state index contributed by atoms with van der Waals surface area (Å²) in [6.45, 7) is 2.44. The number of alkyl halides is 1. The summed E-state index contributed by atoms with van der Waals surface area (Å²) < 4.78 is 11.1. The summed E-state index contributed by atoms with van der Waals surface area (Å²) in [5, 5.41) is -0.0339. The molecule has 13 heavy (non-hydrogen) atoms. The van der Waals surface area contributed by atoms with Gasteiger partial charge in [-0.1, -0.05) is 12.1 Å². The van der Waals surface area contributed by atoms with E-state index in [1.807, 2.05) is 31.2 Å². The maximum Gasteiger partial charge on any atom is 0.161 e. The highest BCUT2D eigenvalue weighted by Gasteiger charge is 2.24. The average Bonchev–Trinajstić information content (AvgIpc) is 2.17. The molecular weight excluding hydrogens is 188 g/mol. The fraction of sp³-hybridized carbons (Fsp3) is 0.400. The number of benzene rings is 1. The van der Waals surface area contributed by atoms with E-state index in [1.54, 1.807) is 0 Å². The fourth-order valence-corrected chi connectivity index (χ4v) is 1.39.